The molecule has 0 radical (unpaired) electrons. The number of ether oxygens (including phenoxy) is 3. The molecule has 0 fully saturated rings. The number of hydrogen-bond donors (Lipinski definition) is 1. The zero-order chi connectivity index (χ0) is 27.6. The Balaban J connectivity index is 1.83. The van der Waals surface area contributed by atoms with Crippen LogP contribution in [0.15, 0.2) is 65.0 Å². The van der Waals surface area contributed by atoms with Gasteiger partial charge in [0.25, 0.3) is 0 Å². The van der Waals surface area contributed by atoms with Gasteiger partial charge in [-0.15, -0.1) is 0 Å². The molecule has 4 rings (SSSR count). The molecule has 200 valence electrons. The molecule has 0 bridgehead atoms. The number of Topliss-reactive ketones (excluding diaryl/α,β-unsaturated/α-hetero) is 1. The number of benzene rings is 2. The Bertz CT molecular complexity index is 1320. The number of ketones is 1. The molecule has 0 aromatic heterocycles. The van der Waals surface area contributed by atoms with Crippen LogP contribution in [0.4, 0.5) is 0 Å². The van der Waals surface area contributed by atoms with Gasteiger partial charge < -0.3 is 19.5 Å². The molecule has 1 aliphatic carbocycles. The number of carbonyl (C=O) groups is 3. The van der Waals surface area contributed by atoms with E-state index < -0.39 is 17.9 Å². The quantitative estimate of drug-likeness (QED) is 0.343. The molecule has 8 heteroatoms. The summed E-state index contributed by atoms with van der Waals surface area (Å²) in [5, 5.41) is 3.99. The average molecular weight is 538 g/mol. The summed E-state index contributed by atoms with van der Waals surface area (Å²) in [6.07, 6.45) is 0.571. The third-order valence-corrected chi connectivity index (χ3v) is 6.84. The van der Waals surface area contributed by atoms with Gasteiger partial charge in [-0.1, -0.05) is 29.8 Å². The first-order valence-electron chi connectivity index (χ1n) is 12.7. The van der Waals surface area contributed by atoms with E-state index in [4.69, 9.17) is 25.8 Å². The van der Waals surface area contributed by atoms with Crippen molar-refractivity contribution in [2.45, 2.75) is 65.4 Å². The van der Waals surface area contributed by atoms with Gasteiger partial charge in [-0.05, 0) is 75.4 Å². The molecule has 0 saturated heterocycles. The summed E-state index contributed by atoms with van der Waals surface area (Å²) in [6.45, 7) is 8.88. The van der Waals surface area contributed by atoms with E-state index in [-0.39, 0.29) is 23.6 Å². The number of carbonyl (C=O) groups excluding carboxylic acids is 3. The summed E-state index contributed by atoms with van der Waals surface area (Å²) >= 11 is 6.08. The van der Waals surface area contributed by atoms with Crippen LogP contribution in [0.25, 0.3) is 0 Å². The zero-order valence-electron chi connectivity index (χ0n) is 22.2. The van der Waals surface area contributed by atoms with Gasteiger partial charge in [-0.25, -0.2) is 4.79 Å². The van der Waals surface area contributed by atoms with Crippen molar-refractivity contribution in [2.75, 3.05) is 6.61 Å². The van der Waals surface area contributed by atoms with Gasteiger partial charge in [-0.3, -0.25) is 9.59 Å². The lowest BCUT2D eigenvalue weighted by atomic mass is 9.71. The summed E-state index contributed by atoms with van der Waals surface area (Å²) in [6, 6.07) is 12.7. The number of dihydropyridines is 1. The second-order valence-corrected chi connectivity index (χ2v) is 10.2. The van der Waals surface area contributed by atoms with Crippen LogP contribution < -0.4 is 14.8 Å². The molecule has 7 nitrogen and oxygen atoms in total. The minimum Gasteiger partial charge on any atom is -0.490 e. The fourth-order valence-corrected chi connectivity index (χ4v) is 5.23. The fraction of sp³-hybridized carbons (Fsp3) is 0.367. The van der Waals surface area contributed by atoms with E-state index >= 15 is 0 Å². The number of halogens is 1. The lowest BCUT2D eigenvalue weighted by Crippen LogP contribution is -2.36. The maximum Gasteiger partial charge on any atom is 0.337 e. The normalized spacial score (nSPS) is 19.2. The summed E-state index contributed by atoms with van der Waals surface area (Å²) in [5.41, 5.74) is 4.03. The van der Waals surface area contributed by atoms with Gasteiger partial charge >= 0.3 is 11.9 Å². The number of hydrogen-bond acceptors (Lipinski definition) is 7. The number of rotatable bonds is 7. The Morgan fingerprint density at radius 2 is 1.74 bits per heavy atom. The number of nitrogens with one attached hydrogen (secondary N) is 1. The van der Waals surface area contributed by atoms with E-state index in [1.54, 1.807) is 32.0 Å². The third kappa shape index (κ3) is 5.78. The predicted molar refractivity (Wildman–Crippen MR) is 144 cm³/mol. The van der Waals surface area contributed by atoms with Crippen LogP contribution in [0.2, 0.25) is 5.02 Å². The fourth-order valence-electron chi connectivity index (χ4n) is 5.10. The zero-order valence-corrected chi connectivity index (χ0v) is 23.0. The van der Waals surface area contributed by atoms with E-state index in [2.05, 4.69) is 5.32 Å². The lowest BCUT2D eigenvalue weighted by Gasteiger charge is -2.37. The van der Waals surface area contributed by atoms with E-state index in [9.17, 15) is 14.4 Å². The van der Waals surface area contributed by atoms with Crippen molar-refractivity contribution < 1.29 is 28.6 Å². The summed E-state index contributed by atoms with van der Waals surface area (Å²) in [7, 11) is 0. The van der Waals surface area contributed by atoms with E-state index in [1.807, 2.05) is 38.1 Å². The molecular weight excluding hydrogens is 506 g/mol. The molecule has 1 N–H and O–H groups in total. The van der Waals surface area contributed by atoms with Gasteiger partial charge in [0.05, 0.1) is 18.3 Å². The van der Waals surface area contributed by atoms with E-state index in [1.165, 1.54) is 6.92 Å². The number of esters is 2. The third-order valence-electron chi connectivity index (χ3n) is 6.59. The van der Waals surface area contributed by atoms with Crippen molar-refractivity contribution in [1.82, 2.24) is 5.32 Å². The molecule has 38 heavy (non-hydrogen) atoms. The van der Waals surface area contributed by atoms with Gasteiger partial charge in [0.15, 0.2) is 17.3 Å². The van der Waals surface area contributed by atoms with Crippen LogP contribution in [0, 0.1) is 0 Å². The highest BCUT2D eigenvalue weighted by Crippen LogP contribution is 2.47. The van der Waals surface area contributed by atoms with Gasteiger partial charge in [0, 0.05) is 41.3 Å². The highest BCUT2D eigenvalue weighted by atomic mass is 35.5. The Kier molecular flexibility index (Phi) is 8.26. The molecule has 0 unspecified atom stereocenters. The van der Waals surface area contributed by atoms with Crippen LogP contribution >= 0.6 is 11.6 Å². The predicted octanol–water partition coefficient (Wildman–Crippen LogP) is 5.98. The lowest BCUT2D eigenvalue weighted by molar-refractivity contribution is -0.143. The summed E-state index contributed by atoms with van der Waals surface area (Å²) in [5.74, 6) is -1.06. The first-order valence-corrected chi connectivity index (χ1v) is 13.1. The molecule has 2 aromatic carbocycles. The summed E-state index contributed by atoms with van der Waals surface area (Å²) < 4.78 is 16.7. The Labute approximate surface area is 227 Å². The number of allylic oxidation sites excluding steroid dienone is 3. The molecule has 2 aliphatic rings. The van der Waals surface area contributed by atoms with Crippen molar-refractivity contribution in [3.63, 3.8) is 0 Å². The summed E-state index contributed by atoms with van der Waals surface area (Å²) in [4.78, 5) is 38.8. The van der Waals surface area contributed by atoms with Crippen LogP contribution in [0.5, 0.6) is 11.5 Å². The van der Waals surface area contributed by atoms with Crippen LogP contribution in [-0.4, -0.2) is 30.4 Å². The molecule has 0 saturated carbocycles. The Morgan fingerprint density at radius 3 is 2.37 bits per heavy atom. The molecule has 0 spiro atoms. The van der Waals surface area contributed by atoms with Crippen molar-refractivity contribution >= 4 is 29.3 Å². The smallest absolute Gasteiger partial charge is 0.337 e. The van der Waals surface area contributed by atoms with E-state index in [0.717, 1.165) is 11.3 Å². The first kappa shape index (κ1) is 27.5. The monoisotopic (exact) mass is 537 g/mol. The van der Waals surface area contributed by atoms with Gasteiger partial charge in [-0.2, -0.15) is 0 Å². The van der Waals surface area contributed by atoms with Crippen molar-refractivity contribution in [2.24, 2.45) is 0 Å². The van der Waals surface area contributed by atoms with E-state index in [0.29, 0.717) is 52.6 Å². The highest BCUT2D eigenvalue weighted by Gasteiger charge is 2.42. The van der Waals surface area contributed by atoms with Crippen molar-refractivity contribution in [1.29, 1.82) is 0 Å². The van der Waals surface area contributed by atoms with Gasteiger partial charge in [0.1, 0.15) is 0 Å². The topological polar surface area (TPSA) is 90.9 Å². The minimum absolute atomic E-state index is 0.0195. The Hall–Kier alpha value is -3.58. The van der Waals surface area contributed by atoms with Gasteiger partial charge in [0.2, 0.25) is 0 Å². The first-order chi connectivity index (χ1) is 18.1. The second-order valence-electron chi connectivity index (χ2n) is 9.76. The molecule has 2 aromatic rings. The Morgan fingerprint density at radius 1 is 1.05 bits per heavy atom. The minimum atomic E-state index is -0.665. The standard InChI is InChI=1S/C30H32ClNO6/c1-6-36-26-15-20(9-12-25(26)38-18(5)33)28-27(30(35)37-16(2)3)17(4)32-23-13-21(14-24(34)29(23)28)19-7-10-22(31)11-8-19/h7-12,15-16,21,28,32H,6,13-14H2,1-5H3/t21-,28+/m1/s1. The molecule has 0 amide bonds. The SMILES string of the molecule is CCOc1cc([C@H]2C(C(=O)OC(C)C)=C(C)NC3=C2C(=O)C[C@H](c2ccc(Cl)cc2)C3)ccc1OC(C)=O. The second kappa shape index (κ2) is 11.4. The van der Waals surface area contributed by atoms with Crippen LogP contribution in [-0.2, 0) is 19.1 Å². The molecule has 1 heterocycles. The molecule has 2 atom stereocenters. The molecular formula is C30H32ClNO6. The molecule has 1 aliphatic heterocycles. The van der Waals surface area contributed by atoms with Crippen LogP contribution in [0.3, 0.4) is 0 Å². The highest BCUT2D eigenvalue weighted by molar-refractivity contribution is 6.30. The average Bonchev–Trinajstić information content (AvgIpc) is 2.84. The largest absolute Gasteiger partial charge is 0.490 e. The van der Waals surface area contributed by atoms with Crippen LogP contribution in [0.1, 0.15) is 70.4 Å². The van der Waals surface area contributed by atoms with Crippen molar-refractivity contribution in [3.8, 4) is 11.5 Å². The van der Waals surface area contributed by atoms with Crippen molar-refractivity contribution in [3.05, 3.63) is 81.2 Å². The maximum absolute atomic E-state index is 13.8. The maximum atomic E-state index is 13.8.